The Balaban J connectivity index is 2.58. The summed E-state index contributed by atoms with van der Waals surface area (Å²) in [6.45, 7) is 10.2. The highest BCUT2D eigenvalue weighted by molar-refractivity contribution is 5.19. The molecule has 19 heavy (non-hydrogen) atoms. The SMILES string of the molecule is C=CCN(CC=C)CCC(NC)c1ccc(F)cc1. The van der Waals surface area contributed by atoms with Crippen LogP contribution in [0.15, 0.2) is 49.6 Å². The summed E-state index contributed by atoms with van der Waals surface area (Å²) in [5.41, 5.74) is 1.11. The molecule has 0 saturated heterocycles. The van der Waals surface area contributed by atoms with Crippen LogP contribution in [0, 0.1) is 5.82 Å². The van der Waals surface area contributed by atoms with Gasteiger partial charge in [-0.3, -0.25) is 4.90 Å². The lowest BCUT2D eigenvalue weighted by molar-refractivity contribution is 0.311. The first kappa shape index (κ1) is 15.6. The molecule has 1 N–H and O–H groups in total. The first-order valence-electron chi connectivity index (χ1n) is 6.58. The van der Waals surface area contributed by atoms with E-state index in [2.05, 4.69) is 23.4 Å². The highest BCUT2D eigenvalue weighted by Gasteiger charge is 2.11. The third-order valence-electron chi connectivity index (χ3n) is 3.13. The molecule has 0 aliphatic rings. The Kier molecular flexibility index (Phi) is 7.08. The number of hydrogen-bond donors (Lipinski definition) is 1. The topological polar surface area (TPSA) is 15.3 Å². The Morgan fingerprint density at radius 2 is 1.79 bits per heavy atom. The fourth-order valence-electron chi connectivity index (χ4n) is 2.11. The molecule has 1 aromatic rings. The van der Waals surface area contributed by atoms with E-state index >= 15 is 0 Å². The van der Waals surface area contributed by atoms with Gasteiger partial charge in [-0.1, -0.05) is 24.3 Å². The van der Waals surface area contributed by atoms with Crippen molar-refractivity contribution in [3.8, 4) is 0 Å². The summed E-state index contributed by atoms with van der Waals surface area (Å²) in [6, 6.07) is 6.91. The second-order valence-electron chi connectivity index (χ2n) is 4.52. The summed E-state index contributed by atoms with van der Waals surface area (Å²) in [7, 11) is 1.93. The number of halogens is 1. The maximum absolute atomic E-state index is 12.9. The van der Waals surface area contributed by atoms with Crippen LogP contribution in [0.5, 0.6) is 0 Å². The van der Waals surface area contributed by atoms with E-state index < -0.39 is 0 Å². The molecule has 0 aromatic heterocycles. The van der Waals surface area contributed by atoms with Crippen molar-refractivity contribution in [3.05, 3.63) is 61.0 Å². The van der Waals surface area contributed by atoms with Crippen molar-refractivity contribution in [2.45, 2.75) is 12.5 Å². The molecule has 1 rings (SSSR count). The Morgan fingerprint density at radius 3 is 2.26 bits per heavy atom. The molecule has 1 aromatic carbocycles. The van der Waals surface area contributed by atoms with Crippen LogP contribution in [-0.4, -0.2) is 31.6 Å². The zero-order chi connectivity index (χ0) is 14.1. The van der Waals surface area contributed by atoms with Crippen molar-refractivity contribution in [2.75, 3.05) is 26.7 Å². The van der Waals surface area contributed by atoms with Crippen molar-refractivity contribution >= 4 is 0 Å². The lowest BCUT2D eigenvalue weighted by Crippen LogP contribution is -2.28. The molecular weight excluding hydrogens is 239 g/mol. The van der Waals surface area contributed by atoms with E-state index in [0.29, 0.717) is 0 Å². The highest BCUT2D eigenvalue weighted by Crippen LogP contribution is 2.17. The molecule has 3 heteroatoms. The molecule has 2 nitrogen and oxygen atoms in total. The fourth-order valence-corrected chi connectivity index (χ4v) is 2.11. The molecule has 1 atom stereocenters. The lowest BCUT2D eigenvalue weighted by atomic mass is 10.0. The van der Waals surface area contributed by atoms with Crippen molar-refractivity contribution in [3.63, 3.8) is 0 Å². The van der Waals surface area contributed by atoms with Gasteiger partial charge < -0.3 is 5.32 Å². The van der Waals surface area contributed by atoms with Crippen LogP contribution in [0.2, 0.25) is 0 Å². The third kappa shape index (κ3) is 5.37. The van der Waals surface area contributed by atoms with Crippen LogP contribution in [0.1, 0.15) is 18.0 Å². The maximum atomic E-state index is 12.9. The number of benzene rings is 1. The van der Waals surface area contributed by atoms with Gasteiger partial charge in [0.1, 0.15) is 5.82 Å². The van der Waals surface area contributed by atoms with E-state index in [9.17, 15) is 4.39 Å². The van der Waals surface area contributed by atoms with Crippen molar-refractivity contribution < 1.29 is 4.39 Å². The minimum atomic E-state index is -0.196. The highest BCUT2D eigenvalue weighted by atomic mass is 19.1. The number of nitrogens with zero attached hydrogens (tertiary/aromatic N) is 1. The molecular formula is C16H23FN2. The Bertz CT molecular complexity index is 376. The molecule has 0 aliphatic carbocycles. The minimum Gasteiger partial charge on any atom is -0.313 e. The largest absolute Gasteiger partial charge is 0.313 e. The quantitative estimate of drug-likeness (QED) is 0.688. The summed E-state index contributed by atoms with van der Waals surface area (Å²) < 4.78 is 12.9. The van der Waals surface area contributed by atoms with Crippen LogP contribution in [0.4, 0.5) is 4.39 Å². The van der Waals surface area contributed by atoms with Crippen LogP contribution < -0.4 is 5.32 Å². The maximum Gasteiger partial charge on any atom is 0.123 e. The van der Waals surface area contributed by atoms with Gasteiger partial charge in [0.2, 0.25) is 0 Å². The standard InChI is InChI=1S/C16H23FN2/c1-4-11-19(12-5-2)13-10-16(18-3)14-6-8-15(17)9-7-14/h4-9,16,18H,1-2,10-13H2,3H3. The van der Waals surface area contributed by atoms with Gasteiger partial charge in [-0.05, 0) is 31.2 Å². The molecule has 0 aliphatic heterocycles. The van der Waals surface area contributed by atoms with Gasteiger partial charge in [0.05, 0.1) is 0 Å². The van der Waals surface area contributed by atoms with Crippen molar-refractivity contribution in [2.24, 2.45) is 0 Å². The second-order valence-corrected chi connectivity index (χ2v) is 4.52. The van der Waals surface area contributed by atoms with Gasteiger partial charge in [-0.2, -0.15) is 0 Å². The molecule has 0 bridgehead atoms. The van der Waals surface area contributed by atoms with E-state index in [4.69, 9.17) is 0 Å². The van der Waals surface area contributed by atoms with Crippen LogP contribution in [0.25, 0.3) is 0 Å². The van der Waals surface area contributed by atoms with Gasteiger partial charge in [-0.25, -0.2) is 4.39 Å². The molecule has 0 fully saturated rings. The summed E-state index contributed by atoms with van der Waals surface area (Å²) in [4.78, 5) is 2.27. The van der Waals surface area contributed by atoms with Crippen LogP contribution in [-0.2, 0) is 0 Å². The van der Waals surface area contributed by atoms with Crippen LogP contribution in [0.3, 0.4) is 0 Å². The van der Waals surface area contributed by atoms with Gasteiger partial charge >= 0.3 is 0 Å². The number of nitrogens with one attached hydrogen (secondary N) is 1. The van der Waals surface area contributed by atoms with E-state index in [0.717, 1.165) is 31.6 Å². The lowest BCUT2D eigenvalue weighted by Gasteiger charge is -2.23. The van der Waals surface area contributed by atoms with E-state index in [1.807, 2.05) is 31.3 Å². The number of hydrogen-bond acceptors (Lipinski definition) is 2. The smallest absolute Gasteiger partial charge is 0.123 e. The van der Waals surface area contributed by atoms with Gasteiger partial charge in [0.15, 0.2) is 0 Å². The van der Waals surface area contributed by atoms with E-state index in [-0.39, 0.29) is 11.9 Å². The van der Waals surface area contributed by atoms with E-state index in [1.165, 1.54) is 12.1 Å². The molecule has 0 radical (unpaired) electrons. The second kappa shape index (κ2) is 8.62. The summed E-state index contributed by atoms with van der Waals surface area (Å²) in [5.74, 6) is -0.196. The number of rotatable bonds is 9. The van der Waals surface area contributed by atoms with Gasteiger partial charge in [0, 0.05) is 25.7 Å². The minimum absolute atomic E-state index is 0.196. The normalized spacial score (nSPS) is 12.4. The first-order chi connectivity index (χ1) is 9.21. The molecule has 0 heterocycles. The summed E-state index contributed by atoms with van der Waals surface area (Å²) in [6.07, 6.45) is 4.76. The monoisotopic (exact) mass is 262 g/mol. The molecule has 1 unspecified atom stereocenters. The zero-order valence-corrected chi connectivity index (χ0v) is 11.6. The first-order valence-corrected chi connectivity index (χ1v) is 6.58. The predicted octanol–water partition coefficient (Wildman–Crippen LogP) is 3.15. The fraction of sp³-hybridized carbons (Fsp3) is 0.375. The van der Waals surface area contributed by atoms with Crippen molar-refractivity contribution in [1.82, 2.24) is 10.2 Å². The molecule has 0 amide bonds. The third-order valence-corrected chi connectivity index (χ3v) is 3.13. The summed E-state index contributed by atoms with van der Waals surface area (Å²) >= 11 is 0. The molecule has 104 valence electrons. The van der Waals surface area contributed by atoms with Crippen LogP contribution >= 0.6 is 0 Å². The molecule has 0 spiro atoms. The average molecular weight is 262 g/mol. The molecule has 0 saturated carbocycles. The average Bonchev–Trinajstić information content (AvgIpc) is 2.41. The van der Waals surface area contributed by atoms with Gasteiger partial charge in [-0.15, -0.1) is 13.2 Å². The Hall–Kier alpha value is -1.45. The van der Waals surface area contributed by atoms with E-state index in [1.54, 1.807) is 0 Å². The Labute approximate surface area is 115 Å². The van der Waals surface area contributed by atoms with Gasteiger partial charge in [0.25, 0.3) is 0 Å². The zero-order valence-electron chi connectivity index (χ0n) is 11.6. The Morgan fingerprint density at radius 1 is 1.21 bits per heavy atom. The van der Waals surface area contributed by atoms with Crippen molar-refractivity contribution in [1.29, 1.82) is 0 Å². The summed E-state index contributed by atoms with van der Waals surface area (Å²) in [5, 5.41) is 3.28. The predicted molar refractivity (Wildman–Crippen MR) is 79.7 cm³/mol.